The van der Waals surface area contributed by atoms with Crippen molar-refractivity contribution in [1.29, 1.82) is 0 Å². The van der Waals surface area contributed by atoms with Gasteiger partial charge < -0.3 is 4.74 Å². The van der Waals surface area contributed by atoms with Crippen molar-refractivity contribution >= 4 is 10.9 Å². The molecule has 16 heavy (non-hydrogen) atoms. The summed E-state index contributed by atoms with van der Waals surface area (Å²) in [4.78, 5) is 0. The van der Waals surface area contributed by atoms with Crippen molar-refractivity contribution in [3.8, 4) is 0 Å². The molecular formula is C13H16N2O. The Morgan fingerprint density at radius 3 is 3.12 bits per heavy atom. The summed E-state index contributed by atoms with van der Waals surface area (Å²) in [6.45, 7) is 3.05. The van der Waals surface area contributed by atoms with E-state index < -0.39 is 0 Å². The number of aromatic nitrogens is 2. The van der Waals surface area contributed by atoms with Crippen LogP contribution in [0.1, 0.15) is 36.5 Å². The predicted molar refractivity (Wildman–Crippen MR) is 63.4 cm³/mol. The fraction of sp³-hybridized carbons (Fsp3) is 0.462. The molecule has 3 rings (SSSR count). The van der Waals surface area contributed by atoms with Gasteiger partial charge in [0.1, 0.15) is 0 Å². The first kappa shape index (κ1) is 9.85. The number of nitrogens with zero attached hydrogens (tertiary/aromatic N) is 1. The Morgan fingerprint density at radius 1 is 1.38 bits per heavy atom. The molecule has 0 bridgehead atoms. The summed E-state index contributed by atoms with van der Waals surface area (Å²) >= 11 is 0. The molecule has 3 nitrogen and oxygen atoms in total. The van der Waals surface area contributed by atoms with Crippen molar-refractivity contribution < 1.29 is 4.74 Å². The summed E-state index contributed by atoms with van der Waals surface area (Å²) in [5.74, 6) is 0. The van der Waals surface area contributed by atoms with Crippen LogP contribution in [0, 0.1) is 6.92 Å². The Morgan fingerprint density at radius 2 is 2.31 bits per heavy atom. The molecule has 2 aromatic rings. The maximum atomic E-state index is 5.84. The Bertz CT molecular complexity index is 498. The highest BCUT2D eigenvalue weighted by atomic mass is 16.5. The summed E-state index contributed by atoms with van der Waals surface area (Å²) in [7, 11) is 0. The summed E-state index contributed by atoms with van der Waals surface area (Å²) in [5.41, 5.74) is 3.73. The van der Waals surface area contributed by atoms with Gasteiger partial charge in [0.25, 0.3) is 0 Å². The van der Waals surface area contributed by atoms with Crippen molar-refractivity contribution in [1.82, 2.24) is 10.2 Å². The van der Waals surface area contributed by atoms with Gasteiger partial charge in [-0.25, -0.2) is 0 Å². The molecule has 0 radical (unpaired) electrons. The van der Waals surface area contributed by atoms with Gasteiger partial charge in [-0.1, -0.05) is 0 Å². The highest BCUT2D eigenvalue weighted by molar-refractivity contribution is 5.79. The number of ether oxygens (including phenoxy) is 1. The number of H-pyrrole nitrogens is 1. The zero-order chi connectivity index (χ0) is 11.0. The standard InChI is InChI=1S/C13H16N2O/c1-9-6-10-8-14-15-12(10)7-11(9)13-4-2-3-5-16-13/h6-8,13H,2-5H2,1H3,(H,14,15). The van der Waals surface area contributed by atoms with Crippen LogP contribution in [0.4, 0.5) is 0 Å². The van der Waals surface area contributed by atoms with Gasteiger partial charge in [-0.3, -0.25) is 5.10 Å². The van der Waals surface area contributed by atoms with Crippen LogP contribution >= 0.6 is 0 Å². The molecule has 0 amide bonds. The number of fused-ring (bicyclic) bond motifs is 1. The van der Waals surface area contributed by atoms with Gasteiger partial charge in [-0.15, -0.1) is 0 Å². The fourth-order valence-corrected chi connectivity index (χ4v) is 2.45. The molecule has 2 heterocycles. The molecule has 1 aliphatic rings. The van der Waals surface area contributed by atoms with E-state index in [0.29, 0.717) is 0 Å². The molecule has 84 valence electrons. The number of nitrogens with one attached hydrogen (secondary N) is 1. The second-order valence-electron chi connectivity index (χ2n) is 4.52. The molecular weight excluding hydrogens is 200 g/mol. The number of hydrogen-bond acceptors (Lipinski definition) is 2. The molecule has 0 aliphatic carbocycles. The average Bonchev–Trinajstić information content (AvgIpc) is 2.76. The van der Waals surface area contributed by atoms with E-state index in [1.807, 2.05) is 6.20 Å². The van der Waals surface area contributed by atoms with Gasteiger partial charge in [-0.05, 0) is 49.4 Å². The fourth-order valence-electron chi connectivity index (χ4n) is 2.45. The van der Waals surface area contributed by atoms with E-state index >= 15 is 0 Å². The highest BCUT2D eigenvalue weighted by Gasteiger charge is 2.18. The largest absolute Gasteiger partial charge is 0.374 e. The first-order valence-electron chi connectivity index (χ1n) is 5.90. The number of benzene rings is 1. The smallest absolute Gasteiger partial charge is 0.0828 e. The molecule has 1 unspecified atom stereocenters. The van der Waals surface area contributed by atoms with Crippen LogP contribution in [0.25, 0.3) is 10.9 Å². The molecule has 1 fully saturated rings. The normalized spacial score (nSPS) is 21.4. The second kappa shape index (κ2) is 3.91. The van der Waals surface area contributed by atoms with Crippen LogP contribution in [0.15, 0.2) is 18.3 Å². The van der Waals surface area contributed by atoms with Crippen molar-refractivity contribution in [2.75, 3.05) is 6.61 Å². The maximum absolute atomic E-state index is 5.84. The quantitative estimate of drug-likeness (QED) is 0.795. The van der Waals surface area contributed by atoms with E-state index in [1.165, 1.54) is 29.4 Å². The van der Waals surface area contributed by atoms with E-state index in [0.717, 1.165) is 18.5 Å². The first-order valence-corrected chi connectivity index (χ1v) is 5.90. The van der Waals surface area contributed by atoms with Gasteiger partial charge >= 0.3 is 0 Å². The monoisotopic (exact) mass is 216 g/mol. The predicted octanol–water partition coefficient (Wildman–Crippen LogP) is 3.11. The Kier molecular flexibility index (Phi) is 2.40. The van der Waals surface area contributed by atoms with Gasteiger partial charge in [-0.2, -0.15) is 5.10 Å². The van der Waals surface area contributed by atoms with Gasteiger partial charge in [0, 0.05) is 12.0 Å². The van der Waals surface area contributed by atoms with Gasteiger partial charge in [0.15, 0.2) is 0 Å². The summed E-state index contributed by atoms with van der Waals surface area (Å²) in [5, 5.41) is 8.26. The van der Waals surface area contributed by atoms with Crippen LogP contribution in [0.3, 0.4) is 0 Å². The van der Waals surface area contributed by atoms with Crippen molar-refractivity contribution in [3.05, 3.63) is 29.5 Å². The van der Waals surface area contributed by atoms with E-state index in [9.17, 15) is 0 Å². The minimum absolute atomic E-state index is 0.279. The van der Waals surface area contributed by atoms with Crippen molar-refractivity contribution in [2.45, 2.75) is 32.3 Å². The molecule has 0 saturated carbocycles. The SMILES string of the molecule is Cc1cc2cn[nH]c2cc1C1CCCCO1. The van der Waals surface area contributed by atoms with E-state index in [4.69, 9.17) is 4.74 Å². The molecule has 1 aliphatic heterocycles. The van der Waals surface area contributed by atoms with Crippen molar-refractivity contribution in [3.63, 3.8) is 0 Å². The van der Waals surface area contributed by atoms with Gasteiger partial charge in [0.05, 0.1) is 17.8 Å². The second-order valence-corrected chi connectivity index (χ2v) is 4.52. The van der Waals surface area contributed by atoms with Crippen molar-refractivity contribution in [2.24, 2.45) is 0 Å². The summed E-state index contributed by atoms with van der Waals surface area (Å²) in [6.07, 6.45) is 5.75. The highest BCUT2D eigenvalue weighted by Crippen LogP contribution is 2.31. The number of aryl methyl sites for hydroxylation is 1. The van der Waals surface area contributed by atoms with E-state index in [2.05, 4.69) is 29.3 Å². The molecule has 3 heteroatoms. The first-order chi connectivity index (χ1) is 7.84. The lowest BCUT2D eigenvalue weighted by molar-refractivity contribution is 0.0146. The number of hydrogen-bond donors (Lipinski definition) is 1. The molecule has 1 aromatic heterocycles. The third-order valence-electron chi connectivity index (χ3n) is 3.35. The lowest BCUT2D eigenvalue weighted by atomic mass is 9.96. The third-order valence-corrected chi connectivity index (χ3v) is 3.35. The van der Waals surface area contributed by atoms with Crippen LogP contribution in [-0.4, -0.2) is 16.8 Å². The summed E-state index contributed by atoms with van der Waals surface area (Å²) < 4.78 is 5.84. The Hall–Kier alpha value is -1.35. The van der Waals surface area contributed by atoms with Crippen LogP contribution < -0.4 is 0 Å². The van der Waals surface area contributed by atoms with E-state index in [1.54, 1.807) is 0 Å². The molecule has 0 spiro atoms. The van der Waals surface area contributed by atoms with E-state index in [-0.39, 0.29) is 6.10 Å². The molecule has 1 atom stereocenters. The van der Waals surface area contributed by atoms with Gasteiger partial charge in [0.2, 0.25) is 0 Å². The number of aromatic amines is 1. The average molecular weight is 216 g/mol. The number of rotatable bonds is 1. The van der Waals surface area contributed by atoms with Crippen LogP contribution in [-0.2, 0) is 4.74 Å². The molecule has 1 saturated heterocycles. The summed E-state index contributed by atoms with van der Waals surface area (Å²) in [6, 6.07) is 4.37. The minimum atomic E-state index is 0.279. The Labute approximate surface area is 94.8 Å². The maximum Gasteiger partial charge on any atom is 0.0828 e. The molecule has 1 N–H and O–H groups in total. The lowest BCUT2D eigenvalue weighted by Gasteiger charge is -2.24. The zero-order valence-corrected chi connectivity index (χ0v) is 9.49. The topological polar surface area (TPSA) is 37.9 Å². The third kappa shape index (κ3) is 1.61. The molecule has 1 aromatic carbocycles. The minimum Gasteiger partial charge on any atom is -0.374 e. The lowest BCUT2D eigenvalue weighted by Crippen LogP contribution is -2.12. The van der Waals surface area contributed by atoms with Crippen LogP contribution in [0.5, 0.6) is 0 Å². The Balaban J connectivity index is 2.03. The van der Waals surface area contributed by atoms with Crippen LogP contribution in [0.2, 0.25) is 0 Å². The zero-order valence-electron chi connectivity index (χ0n) is 9.49.